The predicted octanol–water partition coefficient (Wildman–Crippen LogP) is 7.78. The highest BCUT2D eigenvalue weighted by atomic mass is 19.3. The summed E-state index contributed by atoms with van der Waals surface area (Å²) in [7, 11) is 3.92. The first-order chi connectivity index (χ1) is 23.5. The van der Waals surface area contributed by atoms with Crippen molar-refractivity contribution in [2.24, 2.45) is 0 Å². The van der Waals surface area contributed by atoms with E-state index in [0.717, 1.165) is 25.6 Å². The van der Waals surface area contributed by atoms with E-state index in [2.05, 4.69) is 20.7 Å². The molecule has 0 bridgehead atoms. The van der Waals surface area contributed by atoms with Crippen LogP contribution in [0.1, 0.15) is 22.8 Å². The van der Waals surface area contributed by atoms with Crippen LogP contribution in [0, 0.1) is 11.6 Å². The van der Waals surface area contributed by atoms with Gasteiger partial charge in [0.15, 0.2) is 0 Å². The van der Waals surface area contributed by atoms with Crippen LogP contribution in [0.5, 0.6) is 5.75 Å². The molecule has 3 aromatic heterocycles. The van der Waals surface area contributed by atoms with Gasteiger partial charge in [-0.3, -0.25) is 4.79 Å². The highest BCUT2D eigenvalue weighted by Gasteiger charge is 2.27. The zero-order chi connectivity index (χ0) is 34.7. The van der Waals surface area contributed by atoms with Gasteiger partial charge in [0.05, 0.1) is 16.8 Å². The number of anilines is 3. The van der Waals surface area contributed by atoms with Gasteiger partial charge in [-0.1, -0.05) is 24.3 Å². The number of amides is 1. The van der Waals surface area contributed by atoms with Crippen LogP contribution in [0.4, 0.5) is 34.9 Å². The fourth-order valence-electron chi connectivity index (χ4n) is 5.11. The number of fused-ring (bicyclic) bond motifs is 1. The molecule has 0 atom stereocenters. The quantitative estimate of drug-likeness (QED) is 0.136. The van der Waals surface area contributed by atoms with Crippen LogP contribution in [0.25, 0.3) is 28.0 Å². The van der Waals surface area contributed by atoms with Crippen LogP contribution < -0.4 is 15.4 Å². The molecular weight excluding hydrogens is 638 g/mol. The first-order valence-electron chi connectivity index (χ1n) is 15.2. The number of benzene rings is 3. The molecule has 0 aliphatic rings. The lowest BCUT2D eigenvalue weighted by atomic mass is 10.0. The number of carbonyl (C=O) groups is 1. The number of nitrogens with zero attached hydrogens (tertiary/aromatic N) is 5. The van der Waals surface area contributed by atoms with Crippen LogP contribution in [0.15, 0.2) is 97.3 Å². The molecule has 0 saturated heterocycles. The highest BCUT2D eigenvalue weighted by Crippen LogP contribution is 2.37. The van der Waals surface area contributed by atoms with Crippen molar-refractivity contribution in [1.82, 2.24) is 24.5 Å². The monoisotopic (exact) mass is 669 g/mol. The second-order valence-electron chi connectivity index (χ2n) is 11.6. The first kappa shape index (κ1) is 33.1. The lowest BCUT2D eigenvalue weighted by Gasteiger charge is -2.12. The van der Waals surface area contributed by atoms with E-state index in [-0.39, 0.29) is 17.2 Å². The fourth-order valence-corrected chi connectivity index (χ4v) is 5.11. The number of nitrogens with one attached hydrogen (secondary N) is 2. The molecule has 0 fully saturated rings. The minimum atomic E-state index is -3.12. The van der Waals surface area contributed by atoms with Gasteiger partial charge >= 0.3 is 0 Å². The Labute approximate surface area is 279 Å². The van der Waals surface area contributed by atoms with Crippen molar-refractivity contribution in [3.8, 4) is 28.3 Å². The van der Waals surface area contributed by atoms with Crippen molar-refractivity contribution in [3.63, 3.8) is 0 Å². The predicted molar refractivity (Wildman–Crippen MR) is 179 cm³/mol. The van der Waals surface area contributed by atoms with Crippen molar-refractivity contribution in [1.29, 1.82) is 0 Å². The van der Waals surface area contributed by atoms with Gasteiger partial charge in [0.25, 0.3) is 11.8 Å². The number of aromatic nitrogens is 4. The summed E-state index contributed by atoms with van der Waals surface area (Å²) in [6.07, 6.45) is 2.81. The van der Waals surface area contributed by atoms with E-state index in [0.29, 0.717) is 46.1 Å². The average Bonchev–Trinajstić information content (AvgIpc) is 3.44. The molecule has 0 unspecified atom stereocenters. The molecule has 3 heterocycles. The van der Waals surface area contributed by atoms with Gasteiger partial charge in [0.1, 0.15) is 35.2 Å². The molecule has 13 heteroatoms. The molecule has 6 aromatic rings. The summed E-state index contributed by atoms with van der Waals surface area (Å²) >= 11 is 0. The molecule has 0 aliphatic heterocycles. The van der Waals surface area contributed by atoms with Crippen LogP contribution >= 0.6 is 0 Å². The average molecular weight is 670 g/mol. The van der Waals surface area contributed by atoms with Crippen LogP contribution in [0.2, 0.25) is 0 Å². The van der Waals surface area contributed by atoms with Gasteiger partial charge in [-0.15, -0.1) is 0 Å². The first-order valence-corrected chi connectivity index (χ1v) is 15.2. The summed E-state index contributed by atoms with van der Waals surface area (Å²) in [5.41, 5.74) is 2.19. The normalized spacial score (nSPS) is 11.6. The van der Waals surface area contributed by atoms with Crippen LogP contribution in [-0.2, 0) is 5.92 Å². The third-order valence-electron chi connectivity index (χ3n) is 7.53. The second kappa shape index (κ2) is 13.7. The maximum Gasteiger partial charge on any atom is 0.272 e. The summed E-state index contributed by atoms with van der Waals surface area (Å²) in [6, 6.07) is 21.5. The largest absolute Gasteiger partial charge is 0.492 e. The third kappa shape index (κ3) is 7.52. The number of ether oxygens (including phenoxy) is 1. The number of carbonyl (C=O) groups excluding carboxylic acids is 1. The minimum absolute atomic E-state index is 0.228. The number of hydrogen-bond donors (Lipinski definition) is 2. The molecule has 1 amide bonds. The molecule has 0 spiro atoms. The number of rotatable bonds is 11. The Morgan fingerprint density at radius 2 is 1.67 bits per heavy atom. The van der Waals surface area contributed by atoms with Crippen LogP contribution in [-0.4, -0.2) is 57.6 Å². The molecule has 0 saturated carbocycles. The van der Waals surface area contributed by atoms with Gasteiger partial charge < -0.3 is 20.3 Å². The van der Waals surface area contributed by atoms with E-state index in [4.69, 9.17) is 9.72 Å². The molecule has 2 N–H and O–H groups in total. The van der Waals surface area contributed by atoms with E-state index >= 15 is 0 Å². The fraction of sp³-hybridized carbons (Fsp3) is 0.167. The van der Waals surface area contributed by atoms with Crippen molar-refractivity contribution in [2.75, 3.05) is 37.9 Å². The summed E-state index contributed by atoms with van der Waals surface area (Å²) in [6.45, 7) is 2.06. The van der Waals surface area contributed by atoms with E-state index in [1.54, 1.807) is 36.5 Å². The van der Waals surface area contributed by atoms with E-state index in [9.17, 15) is 22.4 Å². The molecule has 3 aromatic carbocycles. The Kier molecular flexibility index (Phi) is 9.27. The summed E-state index contributed by atoms with van der Waals surface area (Å²) in [5, 5.41) is 10.4. The van der Waals surface area contributed by atoms with Gasteiger partial charge in [0, 0.05) is 54.4 Å². The summed E-state index contributed by atoms with van der Waals surface area (Å²) in [4.78, 5) is 24.0. The van der Waals surface area contributed by atoms with Crippen molar-refractivity contribution in [2.45, 2.75) is 12.8 Å². The molecule has 9 nitrogen and oxygen atoms in total. The summed E-state index contributed by atoms with van der Waals surface area (Å²) < 4.78 is 64.4. The zero-order valence-corrected chi connectivity index (χ0v) is 26.7. The number of hydrogen-bond acceptors (Lipinski definition) is 7. The van der Waals surface area contributed by atoms with E-state index in [1.165, 1.54) is 28.9 Å². The Morgan fingerprint density at radius 1 is 0.939 bits per heavy atom. The molecule has 0 radical (unpaired) electrons. The molecule has 0 aliphatic carbocycles. The topological polar surface area (TPSA) is 96.7 Å². The van der Waals surface area contributed by atoms with Gasteiger partial charge in [-0.2, -0.15) is 5.10 Å². The maximum absolute atomic E-state index is 14.3. The number of pyridine rings is 1. The number of likely N-dealkylation sites (N-methyl/N-ethyl adjacent to an activating group) is 1. The Morgan fingerprint density at radius 3 is 2.43 bits per heavy atom. The second-order valence-corrected chi connectivity index (χ2v) is 11.6. The van der Waals surface area contributed by atoms with Gasteiger partial charge in [0.2, 0.25) is 5.95 Å². The smallest absolute Gasteiger partial charge is 0.272 e. The number of halogens is 4. The Balaban J connectivity index is 1.38. The highest BCUT2D eigenvalue weighted by molar-refractivity contribution is 6.05. The third-order valence-corrected chi connectivity index (χ3v) is 7.53. The molecule has 250 valence electrons. The Hall–Kier alpha value is -5.82. The number of alkyl halides is 2. The van der Waals surface area contributed by atoms with Gasteiger partial charge in [-0.25, -0.2) is 32.0 Å². The SMILES string of the molecule is CN(C)CCOc1cccc(Nc2nccc(-c3c(-c4cccc(NC(=O)c5c(F)cccc5F)c4)nn4cc(C(C)(F)F)ccc34)n2)c1. The lowest BCUT2D eigenvalue weighted by Crippen LogP contribution is -2.19. The van der Waals surface area contributed by atoms with E-state index in [1.807, 2.05) is 43.3 Å². The summed E-state index contributed by atoms with van der Waals surface area (Å²) in [5.74, 6) is -5.17. The van der Waals surface area contributed by atoms with Crippen molar-refractivity contribution >= 4 is 28.7 Å². The zero-order valence-electron chi connectivity index (χ0n) is 26.7. The van der Waals surface area contributed by atoms with Crippen molar-refractivity contribution in [3.05, 3.63) is 120 Å². The van der Waals surface area contributed by atoms with E-state index < -0.39 is 29.0 Å². The van der Waals surface area contributed by atoms with Crippen molar-refractivity contribution < 1.29 is 27.1 Å². The molecular formula is C36H31F4N7O2. The minimum Gasteiger partial charge on any atom is -0.492 e. The van der Waals surface area contributed by atoms with Crippen LogP contribution in [0.3, 0.4) is 0 Å². The lowest BCUT2D eigenvalue weighted by molar-refractivity contribution is 0.0169. The molecule has 6 rings (SSSR count). The molecule has 49 heavy (non-hydrogen) atoms. The maximum atomic E-state index is 14.3. The Bertz CT molecular complexity index is 2130. The van der Waals surface area contributed by atoms with Gasteiger partial charge in [-0.05, 0) is 68.7 Å². The standard InChI is InChI=1S/C36H31F4N7O2/c1-36(39,40)23-13-14-30-32(29-15-16-41-35(44-29)43-25-9-5-10-26(20-25)49-18-17-46(2)3)33(45-47(30)21-23)22-7-4-8-24(19-22)42-34(48)31-27(37)11-6-12-28(31)38/h4-16,19-21H,17-18H2,1-3H3,(H,42,48)(H,41,43,44).